The summed E-state index contributed by atoms with van der Waals surface area (Å²) >= 11 is 6.24. The zero-order valence-corrected chi connectivity index (χ0v) is 16.6. The minimum absolute atomic E-state index is 0.0847. The molecule has 1 aliphatic heterocycles. The number of benzene rings is 3. The van der Waals surface area contributed by atoms with E-state index in [1.54, 1.807) is 14.2 Å². The van der Waals surface area contributed by atoms with Crippen LogP contribution in [-0.4, -0.2) is 19.9 Å². The Morgan fingerprint density at radius 3 is 2.14 bits per heavy atom. The van der Waals surface area contributed by atoms with E-state index in [1.165, 1.54) is 5.56 Å². The Kier molecular flexibility index (Phi) is 5.22. The number of methoxy groups -OCH3 is 2. The highest BCUT2D eigenvalue weighted by Gasteiger charge is 2.30. The number of halogens is 1. The van der Waals surface area contributed by atoms with Crippen molar-refractivity contribution in [3.8, 4) is 11.5 Å². The molecule has 0 saturated carbocycles. The first kappa shape index (κ1) is 18.4. The van der Waals surface area contributed by atoms with Crippen LogP contribution in [0.5, 0.6) is 11.5 Å². The summed E-state index contributed by atoms with van der Waals surface area (Å²) in [7, 11) is 3.34. The zero-order valence-electron chi connectivity index (χ0n) is 15.8. The van der Waals surface area contributed by atoms with E-state index in [4.69, 9.17) is 26.2 Å². The van der Waals surface area contributed by atoms with E-state index in [0.717, 1.165) is 34.9 Å². The lowest BCUT2D eigenvalue weighted by Crippen LogP contribution is -2.18. The molecular formula is C23H21ClN2O2. The molecule has 28 heavy (non-hydrogen) atoms. The number of hydrogen-bond donors (Lipinski definition) is 0. The van der Waals surface area contributed by atoms with Gasteiger partial charge in [-0.3, -0.25) is 5.01 Å². The molecule has 0 spiro atoms. The van der Waals surface area contributed by atoms with Crippen molar-refractivity contribution in [1.29, 1.82) is 0 Å². The summed E-state index contributed by atoms with van der Waals surface area (Å²) in [5.41, 5.74) is 4.26. The fourth-order valence-corrected chi connectivity index (χ4v) is 3.60. The van der Waals surface area contributed by atoms with Crippen molar-refractivity contribution >= 4 is 23.0 Å². The van der Waals surface area contributed by atoms with Crippen LogP contribution < -0.4 is 14.5 Å². The summed E-state index contributed by atoms with van der Waals surface area (Å²) in [6.07, 6.45) is 0.797. The third-order valence-corrected chi connectivity index (χ3v) is 5.14. The average Bonchev–Trinajstić information content (AvgIpc) is 3.19. The molecular weight excluding hydrogens is 372 g/mol. The fraction of sp³-hybridized carbons (Fsp3) is 0.174. The topological polar surface area (TPSA) is 34.1 Å². The molecule has 142 valence electrons. The van der Waals surface area contributed by atoms with Crippen LogP contribution in [0, 0.1) is 0 Å². The van der Waals surface area contributed by atoms with Crippen LogP contribution in [0.2, 0.25) is 5.02 Å². The van der Waals surface area contributed by atoms with Gasteiger partial charge in [0.15, 0.2) is 0 Å². The van der Waals surface area contributed by atoms with Crippen molar-refractivity contribution in [2.24, 2.45) is 5.10 Å². The van der Waals surface area contributed by atoms with Gasteiger partial charge in [-0.25, -0.2) is 0 Å². The van der Waals surface area contributed by atoms with E-state index in [9.17, 15) is 0 Å². The number of ether oxygens (including phenoxy) is 2. The molecule has 1 heterocycles. The normalized spacial score (nSPS) is 16.0. The van der Waals surface area contributed by atoms with Gasteiger partial charge in [-0.1, -0.05) is 29.8 Å². The first-order valence-corrected chi connectivity index (χ1v) is 9.46. The van der Waals surface area contributed by atoms with Crippen molar-refractivity contribution in [3.63, 3.8) is 0 Å². The van der Waals surface area contributed by atoms with Gasteiger partial charge in [0, 0.05) is 11.4 Å². The molecule has 4 nitrogen and oxygen atoms in total. The maximum atomic E-state index is 6.24. The number of hydrogen-bond acceptors (Lipinski definition) is 4. The molecule has 3 aromatic rings. The molecule has 1 unspecified atom stereocenters. The third kappa shape index (κ3) is 3.69. The Morgan fingerprint density at radius 2 is 1.54 bits per heavy atom. The van der Waals surface area contributed by atoms with Crippen molar-refractivity contribution in [2.45, 2.75) is 12.5 Å². The van der Waals surface area contributed by atoms with Crippen molar-refractivity contribution < 1.29 is 9.47 Å². The molecule has 0 bridgehead atoms. The molecule has 0 fully saturated rings. The molecule has 3 aromatic carbocycles. The van der Waals surface area contributed by atoms with E-state index >= 15 is 0 Å². The van der Waals surface area contributed by atoms with Crippen LogP contribution in [0.4, 0.5) is 5.69 Å². The summed E-state index contributed by atoms with van der Waals surface area (Å²) in [6.45, 7) is 0. The van der Waals surface area contributed by atoms with Gasteiger partial charge in [0.2, 0.25) is 0 Å². The second kappa shape index (κ2) is 7.95. The molecule has 1 aliphatic rings. The Bertz CT molecular complexity index is 984. The van der Waals surface area contributed by atoms with Gasteiger partial charge in [0.05, 0.1) is 31.7 Å². The van der Waals surface area contributed by atoms with Gasteiger partial charge in [-0.2, -0.15) is 5.10 Å². The maximum absolute atomic E-state index is 6.24. The summed E-state index contributed by atoms with van der Waals surface area (Å²) in [5.74, 6) is 1.67. The van der Waals surface area contributed by atoms with E-state index < -0.39 is 0 Å². The Balaban J connectivity index is 1.71. The lowest BCUT2D eigenvalue weighted by molar-refractivity contribution is 0.414. The van der Waals surface area contributed by atoms with Crippen LogP contribution in [0.1, 0.15) is 23.6 Å². The molecule has 1 atom stereocenters. The van der Waals surface area contributed by atoms with Gasteiger partial charge in [-0.05, 0) is 65.7 Å². The highest BCUT2D eigenvalue weighted by molar-refractivity contribution is 6.30. The number of anilines is 1. The molecule has 0 radical (unpaired) electrons. The second-order valence-corrected chi connectivity index (χ2v) is 7.03. The highest BCUT2D eigenvalue weighted by Crippen LogP contribution is 2.38. The summed E-state index contributed by atoms with van der Waals surface area (Å²) in [6, 6.07) is 24.0. The second-order valence-electron chi connectivity index (χ2n) is 6.59. The van der Waals surface area contributed by atoms with Crippen molar-refractivity contribution in [1.82, 2.24) is 0 Å². The van der Waals surface area contributed by atoms with Gasteiger partial charge in [0.25, 0.3) is 0 Å². The maximum Gasteiger partial charge on any atom is 0.118 e. The van der Waals surface area contributed by atoms with Crippen LogP contribution in [0.25, 0.3) is 0 Å². The standard InChI is InChI=1S/C23H21ClN2O2/c1-27-20-10-6-16(7-11-20)22-15-23(17-8-12-21(28-2)13-9-17)26(25-22)19-5-3-4-18(24)14-19/h3-14,23H,15H2,1-2H3. The predicted octanol–water partition coefficient (Wildman–Crippen LogP) is 5.71. The lowest BCUT2D eigenvalue weighted by Gasteiger charge is -2.24. The van der Waals surface area contributed by atoms with E-state index in [2.05, 4.69) is 12.1 Å². The van der Waals surface area contributed by atoms with Gasteiger partial charge in [-0.15, -0.1) is 0 Å². The summed E-state index contributed by atoms with van der Waals surface area (Å²) < 4.78 is 10.6. The summed E-state index contributed by atoms with van der Waals surface area (Å²) in [4.78, 5) is 0. The van der Waals surface area contributed by atoms with Crippen molar-refractivity contribution in [2.75, 3.05) is 19.2 Å². The predicted molar refractivity (Wildman–Crippen MR) is 114 cm³/mol. The van der Waals surface area contributed by atoms with E-state index in [1.807, 2.05) is 65.7 Å². The molecule has 0 amide bonds. The number of hydrazone groups is 1. The minimum atomic E-state index is 0.0847. The number of rotatable bonds is 5. The smallest absolute Gasteiger partial charge is 0.118 e. The molecule has 5 heteroatoms. The monoisotopic (exact) mass is 392 g/mol. The molecule has 4 rings (SSSR count). The summed E-state index contributed by atoms with van der Waals surface area (Å²) in [5, 5.41) is 7.69. The van der Waals surface area contributed by atoms with Crippen molar-refractivity contribution in [3.05, 3.63) is 88.9 Å². The molecule has 0 N–H and O–H groups in total. The first-order chi connectivity index (χ1) is 13.7. The Labute approximate surface area is 170 Å². The third-order valence-electron chi connectivity index (χ3n) is 4.91. The average molecular weight is 393 g/mol. The van der Waals surface area contributed by atoms with Crippen LogP contribution >= 0.6 is 11.6 Å². The molecule has 0 aliphatic carbocycles. The minimum Gasteiger partial charge on any atom is -0.497 e. The van der Waals surface area contributed by atoms with Crippen LogP contribution in [0.3, 0.4) is 0 Å². The Hall–Kier alpha value is -2.98. The lowest BCUT2D eigenvalue weighted by atomic mass is 9.98. The zero-order chi connectivity index (χ0) is 19.5. The molecule has 0 saturated heterocycles. The van der Waals surface area contributed by atoms with Gasteiger partial charge < -0.3 is 9.47 Å². The first-order valence-electron chi connectivity index (χ1n) is 9.08. The van der Waals surface area contributed by atoms with E-state index in [0.29, 0.717) is 5.02 Å². The van der Waals surface area contributed by atoms with Gasteiger partial charge in [0.1, 0.15) is 11.5 Å². The Morgan fingerprint density at radius 1 is 0.893 bits per heavy atom. The molecule has 0 aromatic heterocycles. The quantitative estimate of drug-likeness (QED) is 0.557. The SMILES string of the molecule is COc1ccc(C2=NN(c3cccc(Cl)c3)C(c3ccc(OC)cc3)C2)cc1. The van der Waals surface area contributed by atoms with Crippen LogP contribution in [0.15, 0.2) is 77.9 Å². The number of nitrogens with zero attached hydrogens (tertiary/aromatic N) is 2. The largest absolute Gasteiger partial charge is 0.497 e. The highest BCUT2D eigenvalue weighted by atomic mass is 35.5. The van der Waals surface area contributed by atoms with E-state index in [-0.39, 0.29) is 6.04 Å². The van der Waals surface area contributed by atoms with Crippen LogP contribution in [-0.2, 0) is 0 Å². The fourth-order valence-electron chi connectivity index (χ4n) is 3.41. The van der Waals surface area contributed by atoms with Gasteiger partial charge >= 0.3 is 0 Å².